The van der Waals surface area contributed by atoms with E-state index in [1.54, 1.807) is 12.1 Å². The van der Waals surface area contributed by atoms with Crippen molar-refractivity contribution < 1.29 is 13.2 Å². The van der Waals surface area contributed by atoms with Crippen LogP contribution in [0, 0.1) is 0 Å². The highest BCUT2D eigenvalue weighted by Gasteiger charge is 2.16. The Morgan fingerprint density at radius 3 is 2.29 bits per heavy atom. The second-order valence-electron chi connectivity index (χ2n) is 5.02. The van der Waals surface area contributed by atoms with E-state index in [1.807, 2.05) is 13.8 Å². The summed E-state index contributed by atoms with van der Waals surface area (Å²) in [6.45, 7) is 4.74. The average molecular weight is 313 g/mol. The molecule has 2 N–H and O–H groups in total. The molecule has 1 aromatic rings. The zero-order valence-corrected chi connectivity index (χ0v) is 13.7. The fourth-order valence-electron chi connectivity index (χ4n) is 1.83. The summed E-state index contributed by atoms with van der Waals surface area (Å²) in [7, 11) is -0.479. The van der Waals surface area contributed by atoms with Gasteiger partial charge in [-0.2, -0.15) is 0 Å². The SMILES string of the molecule is CCNC(C)CC(=O)Nc1ccc(S(=O)(=O)N(C)C)cc1. The molecule has 0 spiro atoms. The molecule has 0 aromatic heterocycles. The lowest BCUT2D eigenvalue weighted by Crippen LogP contribution is -2.30. The molecule has 0 saturated heterocycles. The zero-order valence-electron chi connectivity index (χ0n) is 12.9. The van der Waals surface area contributed by atoms with Crippen LogP contribution in [-0.2, 0) is 14.8 Å². The lowest BCUT2D eigenvalue weighted by Gasteiger charge is -2.13. The maximum Gasteiger partial charge on any atom is 0.242 e. The molecular formula is C14H23N3O3S. The summed E-state index contributed by atoms with van der Waals surface area (Å²) in [5, 5.41) is 5.91. The summed E-state index contributed by atoms with van der Waals surface area (Å²) in [6, 6.07) is 6.25. The number of nitrogens with one attached hydrogen (secondary N) is 2. The van der Waals surface area contributed by atoms with Gasteiger partial charge in [0.1, 0.15) is 0 Å². The van der Waals surface area contributed by atoms with Crippen LogP contribution >= 0.6 is 0 Å². The van der Waals surface area contributed by atoms with Gasteiger partial charge in [0.15, 0.2) is 0 Å². The molecule has 0 bridgehead atoms. The third-order valence-corrected chi connectivity index (χ3v) is 4.79. The summed E-state index contributed by atoms with van der Waals surface area (Å²) in [5.41, 5.74) is 0.585. The Kier molecular flexibility index (Phi) is 6.32. The van der Waals surface area contributed by atoms with E-state index in [0.717, 1.165) is 10.8 Å². The van der Waals surface area contributed by atoms with Crippen LogP contribution < -0.4 is 10.6 Å². The Balaban J connectivity index is 2.69. The number of carbonyl (C=O) groups excluding carboxylic acids is 1. The van der Waals surface area contributed by atoms with E-state index in [4.69, 9.17) is 0 Å². The van der Waals surface area contributed by atoms with Gasteiger partial charge in [0, 0.05) is 32.2 Å². The molecule has 1 atom stereocenters. The number of hydrogen-bond donors (Lipinski definition) is 2. The Morgan fingerprint density at radius 2 is 1.81 bits per heavy atom. The third kappa shape index (κ3) is 5.11. The molecule has 7 heteroatoms. The van der Waals surface area contributed by atoms with Gasteiger partial charge in [-0.15, -0.1) is 0 Å². The van der Waals surface area contributed by atoms with Crippen LogP contribution in [0.1, 0.15) is 20.3 Å². The smallest absolute Gasteiger partial charge is 0.242 e. The monoisotopic (exact) mass is 313 g/mol. The number of anilines is 1. The van der Waals surface area contributed by atoms with Crippen molar-refractivity contribution in [1.29, 1.82) is 0 Å². The van der Waals surface area contributed by atoms with Crippen LogP contribution in [0.5, 0.6) is 0 Å². The molecule has 0 saturated carbocycles. The Morgan fingerprint density at radius 1 is 1.24 bits per heavy atom. The summed E-state index contributed by atoms with van der Waals surface area (Å²) in [5.74, 6) is -0.105. The number of carbonyl (C=O) groups is 1. The maximum atomic E-state index is 11.9. The maximum absolute atomic E-state index is 11.9. The normalized spacial score (nSPS) is 13.2. The van der Waals surface area contributed by atoms with Gasteiger partial charge in [0.05, 0.1) is 4.90 Å². The first-order valence-corrected chi connectivity index (χ1v) is 8.27. The first kappa shape index (κ1) is 17.6. The number of benzene rings is 1. The van der Waals surface area contributed by atoms with E-state index >= 15 is 0 Å². The summed E-state index contributed by atoms with van der Waals surface area (Å²) < 4.78 is 25.0. The summed E-state index contributed by atoms with van der Waals surface area (Å²) in [4.78, 5) is 12.0. The Labute approximate surface area is 126 Å². The fraction of sp³-hybridized carbons (Fsp3) is 0.500. The van der Waals surface area contributed by atoms with Crippen molar-refractivity contribution in [2.24, 2.45) is 0 Å². The topological polar surface area (TPSA) is 78.5 Å². The van der Waals surface area contributed by atoms with Gasteiger partial charge in [0.2, 0.25) is 15.9 Å². The first-order valence-electron chi connectivity index (χ1n) is 6.83. The van der Waals surface area contributed by atoms with Crippen molar-refractivity contribution in [3.63, 3.8) is 0 Å². The largest absolute Gasteiger partial charge is 0.326 e. The molecule has 6 nitrogen and oxygen atoms in total. The Hall–Kier alpha value is -1.44. The van der Waals surface area contributed by atoms with Crippen molar-refractivity contribution in [1.82, 2.24) is 9.62 Å². The molecule has 1 rings (SSSR count). The van der Waals surface area contributed by atoms with Crippen molar-refractivity contribution in [2.45, 2.75) is 31.2 Å². The fourth-order valence-corrected chi connectivity index (χ4v) is 2.73. The van der Waals surface area contributed by atoms with E-state index in [1.165, 1.54) is 26.2 Å². The second-order valence-corrected chi connectivity index (χ2v) is 7.17. The molecule has 0 heterocycles. The second kappa shape index (κ2) is 7.53. The van der Waals surface area contributed by atoms with Gasteiger partial charge in [-0.1, -0.05) is 6.92 Å². The van der Waals surface area contributed by atoms with Crippen LogP contribution in [0.3, 0.4) is 0 Å². The molecule has 0 aliphatic heterocycles. The number of rotatable bonds is 7. The quantitative estimate of drug-likeness (QED) is 0.794. The van der Waals surface area contributed by atoms with Gasteiger partial charge in [0.25, 0.3) is 0 Å². The molecule has 0 radical (unpaired) electrons. The first-order chi connectivity index (χ1) is 9.77. The van der Waals surface area contributed by atoms with Crippen LogP contribution in [0.2, 0.25) is 0 Å². The van der Waals surface area contributed by atoms with Gasteiger partial charge < -0.3 is 10.6 Å². The number of sulfonamides is 1. The highest BCUT2D eigenvalue weighted by molar-refractivity contribution is 7.89. The summed E-state index contributed by atoms with van der Waals surface area (Å²) >= 11 is 0. The van der Waals surface area contributed by atoms with Crippen molar-refractivity contribution in [3.05, 3.63) is 24.3 Å². The van der Waals surface area contributed by atoms with Crippen LogP contribution in [0.4, 0.5) is 5.69 Å². The number of hydrogen-bond acceptors (Lipinski definition) is 4. The third-order valence-electron chi connectivity index (χ3n) is 2.96. The predicted octanol–water partition coefficient (Wildman–Crippen LogP) is 1.26. The van der Waals surface area contributed by atoms with Crippen molar-refractivity contribution in [2.75, 3.05) is 26.0 Å². The molecule has 0 aliphatic rings. The number of nitrogens with zero attached hydrogens (tertiary/aromatic N) is 1. The predicted molar refractivity (Wildman–Crippen MR) is 83.7 cm³/mol. The molecule has 1 aromatic carbocycles. The van der Waals surface area contributed by atoms with E-state index in [0.29, 0.717) is 12.1 Å². The molecule has 1 unspecified atom stereocenters. The van der Waals surface area contributed by atoms with Crippen molar-refractivity contribution >= 4 is 21.6 Å². The molecule has 118 valence electrons. The lowest BCUT2D eigenvalue weighted by atomic mass is 10.2. The summed E-state index contributed by atoms with van der Waals surface area (Å²) in [6.07, 6.45) is 0.367. The van der Waals surface area contributed by atoms with Crippen LogP contribution in [0.15, 0.2) is 29.2 Å². The van der Waals surface area contributed by atoms with Gasteiger partial charge >= 0.3 is 0 Å². The van der Waals surface area contributed by atoms with Gasteiger partial charge in [-0.3, -0.25) is 4.79 Å². The van der Waals surface area contributed by atoms with Gasteiger partial charge in [-0.25, -0.2) is 12.7 Å². The van der Waals surface area contributed by atoms with E-state index in [2.05, 4.69) is 10.6 Å². The molecular weight excluding hydrogens is 290 g/mol. The zero-order chi connectivity index (χ0) is 16.0. The minimum atomic E-state index is -3.44. The number of amides is 1. The van der Waals surface area contributed by atoms with Crippen LogP contribution in [-0.4, -0.2) is 45.3 Å². The minimum absolute atomic E-state index is 0.100. The highest BCUT2D eigenvalue weighted by Crippen LogP contribution is 2.16. The van der Waals surface area contributed by atoms with E-state index < -0.39 is 10.0 Å². The van der Waals surface area contributed by atoms with E-state index in [-0.39, 0.29) is 16.8 Å². The molecule has 21 heavy (non-hydrogen) atoms. The van der Waals surface area contributed by atoms with Crippen LogP contribution in [0.25, 0.3) is 0 Å². The van der Waals surface area contributed by atoms with E-state index in [9.17, 15) is 13.2 Å². The molecule has 1 amide bonds. The average Bonchev–Trinajstić information content (AvgIpc) is 2.39. The van der Waals surface area contributed by atoms with Gasteiger partial charge in [-0.05, 0) is 37.7 Å². The molecule has 0 fully saturated rings. The van der Waals surface area contributed by atoms with Crippen molar-refractivity contribution in [3.8, 4) is 0 Å². The minimum Gasteiger partial charge on any atom is -0.326 e. The lowest BCUT2D eigenvalue weighted by molar-refractivity contribution is -0.116. The molecule has 0 aliphatic carbocycles. The Bertz CT molecular complexity index is 568. The standard InChI is InChI=1S/C14H23N3O3S/c1-5-15-11(2)10-14(18)16-12-6-8-13(9-7-12)21(19,20)17(3)4/h6-9,11,15H,5,10H2,1-4H3,(H,16,18). The highest BCUT2D eigenvalue weighted by atomic mass is 32.2.